The third kappa shape index (κ3) is 4.66. The zero-order valence-electron chi connectivity index (χ0n) is 14.2. The number of nitrogens with one attached hydrogen (secondary N) is 2. The van der Waals surface area contributed by atoms with Crippen molar-refractivity contribution < 1.29 is 13.5 Å². The Morgan fingerprint density at radius 3 is 2.73 bits per heavy atom. The SMILES string of the molecule is COc1cccc(CCNc2nccc(Nc3ccc(F)c(F)c3)n2)c1. The van der Waals surface area contributed by atoms with Crippen LogP contribution in [0.2, 0.25) is 0 Å². The van der Waals surface area contributed by atoms with Gasteiger partial charge in [0.2, 0.25) is 5.95 Å². The zero-order valence-corrected chi connectivity index (χ0v) is 14.2. The maximum absolute atomic E-state index is 13.3. The van der Waals surface area contributed by atoms with Gasteiger partial charge in [0.25, 0.3) is 0 Å². The van der Waals surface area contributed by atoms with Crippen LogP contribution in [0.25, 0.3) is 0 Å². The number of anilines is 3. The maximum atomic E-state index is 13.3. The molecule has 26 heavy (non-hydrogen) atoms. The molecule has 5 nitrogen and oxygen atoms in total. The summed E-state index contributed by atoms with van der Waals surface area (Å²) in [5.41, 5.74) is 1.54. The number of rotatable bonds is 7. The van der Waals surface area contributed by atoms with Gasteiger partial charge in [0.15, 0.2) is 11.6 Å². The Bertz CT molecular complexity index is 889. The quantitative estimate of drug-likeness (QED) is 0.666. The Hall–Kier alpha value is -3.22. The fourth-order valence-corrected chi connectivity index (χ4v) is 2.38. The molecule has 0 amide bonds. The molecule has 0 spiro atoms. The molecule has 0 bridgehead atoms. The van der Waals surface area contributed by atoms with Crippen molar-refractivity contribution >= 4 is 17.5 Å². The lowest BCUT2D eigenvalue weighted by Gasteiger charge is -2.09. The number of halogens is 2. The van der Waals surface area contributed by atoms with Crippen molar-refractivity contribution in [1.29, 1.82) is 0 Å². The highest BCUT2D eigenvalue weighted by molar-refractivity contribution is 5.56. The summed E-state index contributed by atoms with van der Waals surface area (Å²) in [5, 5.41) is 6.06. The minimum absolute atomic E-state index is 0.407. The Morgan fingerprint density at radius 1 is 1.04 bits per heavy atom. The predicted octanol–water partition coefficient (Wildman–Crippen LogP) is 4.16. The second-order valence-electron chi connectivity index (χ2n) is 5.55. The van der Waals surface area contributed by atoms with E-state index in [0.717, 1.165) is 29.9 Å². The molecule has 0 aliphatic carbocycles. The molecular weight excluding hydrogens is 338 g/mol. The average molecular weight is 356 g/mol. The topological polar surface area (TPSA) is 59.1 Å². The molecule has 0 aliphatic heterocycles. The second kappa shape index (κ2) is 8.24. The lowest BCUT2D eigenvalue weighted by molar-refractivity contribution is 0.414. The average Bonchev–Trinajstić information content (AvgIpc) is 2.65. The van der Waals surface area contributed by atoms with Crippen LogP contribution in [-0.4, -0.2) is 23.6 Å². The van der Waals surface area contributed by atoms with E-state index in [9.17, 15) is 8.78 Å². The molecule has 0 fully saturated rings. The first-order valence-corrected chi connectivity index (χ1v) is 8.06. The van der Waals surface area contributed by atoms with Crippen molar-refractivity contribution in [3.05, 3.63) is 71.9 Å². The molecule has 0 aliphatic rings. The van der Waals surface area contributed by atoms with Crippen LogP contribution in [0.4, 0.5) is 26.2 Å². The van der Waals surface area contributed by atoms with E-state index in [4.69, 9.17) is 4.74 Å². The fourth-order valence-electron chi connectivity index (χ4n) is 2.38. The van der Waals surface area contributed by atoms with Crippen molar-refractivity contribution in [2.75, 3.05) is 24.3 Å². The van der Waals surface area contributed by atoms with Gasteiger partial charge in [-0.3, -0.25) is 0 Å². The summed E-state index contributed by atoms with van der Waals surface area (Å²) in [5.74, 6) is -0.0642. The molecule has 1 heterocycles. The van der Waals surface area contributed by atoms with E-state index in [2.05, 4.69) is 20.6 Å². The molecule has 0 saturated heterocycles. The number of aromatic nitrogens is 2. The fraction of sp³-hybridized carbons (Fsp3) is 0.158. The third-order valence-electron chi connectivity index (χ3n) is 3.68. The van der Waals surface area contributed by atoms with Crippen LogP contribution in [0, 0.1) is 11.6 Å². The Morgan fingerprint density at radius 2 is 1.92 bits per heavy atom. The molecule has 0 saturated carbocycles. The van der Waals surface area contributed by atoms with Crippen LogP contribution < -0.4 is 15.4 Å². The molecule has 1 aromatic heterocycles. The predicted molar refractivity (Wildman–Crippen MR) is 96.9 cm³/mol. The van der Waals surface area contributed by atoms with Crippen molar-refractivity contribution in [2.24, 2.45) is 0 Å². The first-order valence-electron chi connectivity index (χ1n) is 8.06. The molecule has 3 aromatic rings. The number of methoxy groups -OCH3 is 1. The summed E-state index contributed by atoms with van der Waals surface area (Å²) in [6.45, 7) is 0.641. The molecule has 3 rings (SSSR count). The van der Waals surface area contributed by atoms with Crippen molar-refractivity contribution in [1.82, 2.24) is 9.97 Å². The minimum Gasteiger partial charge on any atom is -0.497 e. The van der Waals surface area contributed by atoms with Crippen LogP contribution in [0.15, 0.2) is 54.7 Å². The molecule has 134 valence electrons. The van der Waals surface area contributed by atoms with Gasteiger partial charge in [-0.15, -0.1) is 0 Å². The van der Waals surface area contributed by atoms with E-state index >= 15 is 0 Å². The molecule has 2 N–H and O–H groups in total. The van der Waals surface area contributed by atoms with E-state index in [1.54, 1.807) is 19.4 Å². The summed E-state index contributed by atoms with van der Waals surface area (Å²) in [4.78, 5) is 8.47. The molecular formula is C19H18F2N4O. The molecule has 2 aromatic carbocycles. The second-order valence-corrected chi connectivity index (χ2v) is 5.55. The van der Waals surface area contributed by atoms with Crippen LogP contribution in [0.3, 0.4) is 0 Å². The van der Waals surface area contributed by atoms with Crippen LogP contribution in [0.1, 0.15) is 5.56 Å². The summed E-state index contributed by atoms with van der Waals surface area (Å²) in [6, 6.07) is 13.1. The van der Waals surface area contributed by atoms with E-state index in [1.807, 2.05) is 24.3 Å². The van der Waals surface area contributed by atoms with Gasteiger partial charge in [-0.25, -0.2) is 13.8 Å². The maximum Gasteiger partial charge on any atom is 0.224 e. The zero-order chi connectivity index (χ0) is 18.4. The van der Waals surface area contributed by atoms with Gasteiger partial charge in [-0.2, -0.15) is 4.98 Å². The largest absolute Gasteiger partial charge is 0.497 e. The first-order chi connectivity index (χ1) is 12.6. The third-order valence-corrected chi connectivity index (χ3v) is 3.68. The van der Waals surface area contributed by atoms with Gasteiger partial charge in [0, 0.05) is 24.5 Å². The van der Waals surface area contributed by atoms with Gasteiger partial charge >= 0.3 is 0 Å². The minimum atomic E-state index is -0.916. The van der Waals surface area contributed by atoms with Crippen molar-refractivity contribution in [3.63, 3.8) is 0 Å². The standard InChI is InChI=1S/C19H18F2N4O/c1-26-15-4-2-3-13(11-15)7-9-22-19-23-10-8-18(25-19)24-14-5-6-16(20)17(21)12-14/h2-6,8,10-12H,7,9H2,1H3,(H2,22,23,24,25). The highest BCUT2D eigenvalue weighted by Crippen LogP contribution is 2.18. The highest BCUT2D eigenvalue weighted by Gasteiger charge is 2.04. The molecule has 0 atom stereocenters. The number of ether oxygens (including phenoxy) is 1. The lowest BCUT2D eigenvalue weighted by atomic mass is 10.1. The van der Waals surface area contributed by atoms with Gasteiger partial charge in [0.1, 0.15) is 11.6 Å². The van der Waals surface area contributed by atoms with Gasteiger partial charge < -0.3 is 15.4 Å². The summed E-state index contributed by atoms with van der Waals surface area (Å²) in [6.07, 6.45) is 2.37. The Labute approximate surface area is 150 Å². The van der Waals surface area contributed by atoms with Gasteiger partial charge in [-0.1, -0.05) is 12.1 Å². The van der Waals surface area contributed by atoms with E-state index in [1.165, 1.54) is 6.07 Å². The molecule has 7 heteroatoms. The normalized spacial score (nSPS) is 10.4. The monoisotopic (exact) mass is 356 g/mol. The molecule has 0 radical (unpaired) electrons. The number of benzene rings is 2. The summed E-state index contributed by atoms with van der Waals surface area (Å²) in [7, 11) is 1.64. The van der Waals surface area contributed by atoms with Crippen molar-refractivity contribution in [2.45, 2.75) is 6.42 Å². The van der Waals surface area contributed by atoms with E-state index < -0.39 is 11.6 Å². The lowest BCUT2D eigenvalue weighted by Crippen LogP contribution is -2.08. The van der Waals surface area contributed by atoms with Crippen LogP contribution in [0.5, 0.6) is 5.75 Å². The summed E-state index contributed by atoms with van der Waals surface area (Å²) >= 11 is 0. The van der Waals surface area contributed by atoms with Gasteiger partial charge in [0.05, 0.1) is 7.11 Å². The van der Waals surface area contributed by atoms with E-state index in [0.29, 0.717) is 24.0 Å². The van der Waals surface area contributed by atoms with Crippen molar-refractivity contribution in [3.8, 4) is 5.75 Å². The highest BCUT2D eigenvalue weighted by atomic mass is 19.2. The number of hydrogen-bond donors (Lipinski definition) is 2. The Balaban J connectivity index is 1.59. The smallest absolute Gasteiger partial charge is 0.224 e. The molecule has 0 unspecified atom stereocenters. The van der Waals surface area contributed by atoms with Gasteiger partial charge in [-0.05, 0) is 42.3 Å². The van der Waals surface area contributed by atoms with Crippen LogP contribution >= 0.6 is 0 Å². The van der Waals surface area contributed by atoms with Crippen LogP contribution in [-0.2, 0) is 6.42 Å². The van der Waals surface area contributed by atoms with E-state index in [-0.39, 0.29) is 0 Å². The Kier molecular flexibility index (Phi) is 5.58. The number of hydrogen-bond acceptors (Lipinski definition) is 5. The number of nitrogens with zero attached hydrogens (tertiary/aromatic N) is 2. The first kappa shape index (κ1) is 17.6. The summed E-state index contributed by atoms with van der Waals surface area (Å²) < 4.78 is 31.5.